The third kappa shape index (κ3) is 7.55. The zero-order chi connectivity index (χ0) is 22.8. The molecule has 0 atom stereocenters. The van der Waals surface area contributed by atoms with E-state index in [0.29, 0.717) is 29.5 Å². The molecular formula is C24H23NO6S. The van der Waals surface area contributed by atoms with Crippen molar-refractivity contribution in [3.63, 3.8) is 0 Å². The van der Waals surface area contributed by atoms with Crippen LogP contribution in [0.5, 0.6) is 11.5 Å². The molecule has 32 heavy (non-hydrogen) atoms. The Morgan fingerprint density at radius 1 is 0.844 bits per heavy atom. The van der Waals surface area contributed by atoms with Crippen molar-refractivity contribution >= 4 is 29.0 Å². The highest BCUT2D eigenvalue weighted by molar-refractivity contribution is 7.14. The lowest BCUT2D eigenvalue weighted by molar-refractivity contribution is -0.144. The zero-order valence-corrected chi connectivity index (χ0v) is 18.4. The number of amides is 1. The smallest absolute Gasteiger partial charge is 0.344 e. The van der Waals surface area contributed by atoms with Crippen LogP contribution in [0.15, 0.2) is 66.7 Å². The highest BCUT2D eigenvalue weighted by atomic mass is 32.1. The molecule has 0 saturated heterocycles. The summed E-state index contributed by atoms with van der Waals surface area (Å²) in [5.74, 6) is 0.0779. The molecule has 1 aromatic heterocycles. The summed E-state index contributed by atoms with van der Waals surface area (Å²) in [6.07, 6.45) is 0. The quantitative estimate of drug-likeness (QED) is 0.351. The first-order valence-electron chi connectivity index (χ1n) is 9.91. The number of carbonyl (C=O) groups is 3. The highest BCUT2D eigenvalue weighted by Gasteiger charge is 2.13. The van der Waals surface area contributed by atoms with Gasteiger partial charge in [0, 0.05) is 11.8 Å². The van der Waals surface area contributed by atoms with E-state index in [1.165, 1.54) is 18.3 Å². The Morgan fingerprint density at radius 2 is 1.53 bits per heavy atom. The van der Waals surface area contributed by atoms with Gasteiger partial charge in [-0.2, -0.15) is 0 Å². The number of Topliss-reactive ketones (excluding diaryl/α,β-unsaturated/α-hetero) is 1. The number of nitrogens with one attached hydrogen (secondary N) is 1. The van der Waals surface area contributed by atoms with Crippen molar-refractivity contribution in [3.8, 4) is 11.5 Å². The second kappa shape index (κ2) is 11.7. The Bertz CT molecular complexity index is 1050. The number of hydrogen-bond acceptors (Lipinski definition) is 7. The summed E-state index contributed by atoms with van der Waals surface area (Å²) in [7, 11) is 0. The van der Waals surface area contributed by atoms with Crippen LogP contribution in [0, 0.1) is 0 Å². The first-order valence-corrected chi connectivity index (χ1v) is 10.7. The normalized spacial score (nSPS) is 10.3. The molecule has 1 heterocycles. The fraction of sp³-hybridized carbons (Fsp3) is 0.208. The fourth-order valence-corrected chi connectivity index (χ4v) is 3.48. The standard InChI is InChI=1S/C24H23NO6S/c1-17(26)25-13-21-11-12-23(32-21)22(27)15-31-24(28)16-30-20-9-7-19(8-10-20)29-14-18-5-3-2-4-6-18/h2-12H,13-16H2,1H3,(H,25,26). The molecule has 0 spiro atoms. The first-order chi connectivity index (χ1) is 15.5. The lowest BCUT2D eigenvalue weighted by Gasteiger charge is -2.09. The number of ether oxygens (including phenoxy) is 3. The van der Waals surface area contributed by atoms with Crippen LogP contribution >= 0.6 is 11.3 Å². The molecule has 1 N–H and O–H groups in total. The highest BCUT2D eigenvalue weighted by Crippen LogP contribution is 2.19. The van der Waals surface area contributed by atoms with Gasteiger partial charge in [-0.1, -0.05) is 30.3 Å². The Hall–Kier alpha value is -3.65. The molecule has 3 rings (SSSR count). The fourth-order valence-electron chi connectivity index (χ4n) is 2.61. The monoisotopic (exact) mass is 453 g/mol. The van der Waals surface area contributed by atoms with Gasteiger partial charge in [0.2, 0.25) is 11.7 Å². The van der Waals surface area contributed by atoms with E-state index < -0.39 is 5.97 Å². The van der Waals surface area contributed by atoms with E-state index in [9.17, 15) is 14.4 Å². The van der Waals surface area contributed by atoms with Crippen LogP contribution in [-0.4, -0.2) is 30.9 Å². The van der Waals surface area contributed by atoms with Gasteiger partial charge in [-0.05, 0) is 42.0 Å². The second-order valence-corrected chi connectivity index (χ2v) is 7.96. The van der Waals surface area contributed by atoms with Crippen LogP contribution in [0.3, 0.4) is 0 Å². The number of esters is 1. The van der Waals surface area contributed by atoms with E-state index in [-0.39, 0.29) is 24.9 Å². The van der Waals surface area contributed by atoms with Gasteiger partial charge in [0.15, 0.2) is 13.2 Å². The van der Waals surface area contributed by atoms with Crippen molar-refractivity contribution in [1.82, 2.24) is 5.32 Å². The Morgan fingerprint density at radius 3 is 2.22 bits per heavy atom. The molecule has 0 saturated carbocycles. The number of rotatable bonds is 11. The molecular weight excluding hydrogens is 430 g/mol. The summed E-state index contributed by atoms with van der Waals surface area (Å²) in [6, 6.07) is 20.1. The molecule has 8 heteroatoms. The van der Waals surface area contributed by atoms with Crippen LogP contribution in [0.25, 0.3) is 0 Å². The van der Waals surface area contributed by atoms with Gasteiger partial charge in [-0.15, -0.1) is 11.3 Å². The van der Waals surface area contributed by atoms with Crippen molar-refractivity contribution in [2.24, 2.45) is 0 Å². The van der Waals surface area contributed by atoms with Gasteiger partial charge >= 0.3 is 5.97 Å². The minimum absolute atomic E-state index is 0.144. The average molecular weight is 454 g/mol. The summed E-state index contributed by atoms with van der Waals surface area (Å²) in [5, 5.41) is 2.66. The molecule has 1 amide bonds. The molecule has 166 valence electrons. The molecule has 0 aliphatic heterocycles. The summed E-state index contributed by atoms with van der Waals surface area (Å²) >= 11 is 1.25. The van der Waals surface area contributed by atoms with Gasteiger partial charge in [0.05, 0.1) is 11.4 Å². The number of hydrogen-bond donors (Lipinski definition) is 1. The molecule has 0 radical (unpaired) electrons. The summed E-state index contributed by atoms with van der Waals surface area (Å²) in [6.45, 7) is 1.57. The van der Waals surface area contributed by atoms with Crippen LogP contribution in [-0.2, 0) is 27.5 Å². The molecule has 0 fully saturated rings. The van der Waals surface area contributed by atoms with E-state index in [1.54, 1.807) is 36.4 Å². The third-order valence-corrected chi connectivity index (χ3v) is 5.37. The maximum atomic E-state index is 12.2. The Balaban J connectivity index is 1.37. The molecule has 0 unspecified atom stereocenters. The molecule has 0 aliphatic rings. The van der Waals surface area contributed by atoms with Crippen LogP contribution in [0.4, 0.5) is 0 Å². The second-order valence-electron chi connectivity index (χ2n) is 6.79. The van der Waals surface area contributed by atoms with Crippen LogP contribution < -0.4 is 14.8 Å². The SMILES string of the molecule is CC(=O)NCc1ccc(C(=O)COC(=O)COc2ccc(OCc3ccccc3)cc2)s1. The number of carbonyl (C=O) groups excluding carboxylic acids is 3. The maximum absolute atomic E-state index is 12.2. The lowest BCUT2D eigenvalue weighted by atomic mass is 10.2. The first kappa shape index (κ1) is 23.0. The van der Waals surface area contributed by atoms with Crippen molar-refractivity contribution < 1.29 is 28.6 Å². The number of benzene rings is 2. The van der Waals surface area contributed by atoms with E-state index in [0.717, 1.165) is 10.4 Å². The van der Waals surface area contributed by atoms with Gasteiger partial charge in [0.25, 0.3) is 0 Å². The summed E-state index contributed by atoms with van der Waals surface area (Å²) in [5.41, 5.74) is 1.07. The predicted octanol–water partition coefficient (Wildman–Crippen LogP) is 3.77. The molecule has 2 aromatic carbocycles. The van der Waals surface area contributed by atoms with Gasteiger partial charge in [-0.3, -0.25) is 9.59 Å². The molecule has 3 aromatic rings. The maximum Gasteiger partial charge on any atom is 0.344 e. The lowest BCUT2D eigenvalue weighted by Crippen LogP contribution is -2.19. The molecule has 0 aliphatic carbocycles. The van der Waals surface area contributed by atoms with Crippen molar-refractivity contribution in [2.75, 3.05) is 13.2 Å². The van der Waals surface area contributed by atoms with E-state index >= 15 is 0 Å². The number of thiophene rings is 1. The summed E-state index contributed by atoms with van der Waals surface area (Å²) in [4.78, 5) is 36.3. The van der Waals surface area contributed by atoms with E-state index in [4.69, 9.17) is 14.2 Å². The molecule has 7 nitrogen and oxygen atoms in total. The van der Waals surface area contributed by atoms with Crippen molar-refractivity contribution in [2.45, 2.75) is 20.1 Å². The van der Waals surface area contributed by atoms with Gasteiger partial charge in [0.1, 0.15) is 18.1 Å². The van der Waals surface area contributed by atoms with Crippen molar-refractivity contribution in [3.05, 3.63) is 82.0 Å². The minimum Gasteiger partial charge on any atom is -0.489 e. The Kier molecular flexibility index (Phi) is 8.39. The largest absolute Gasteiger partial charge is 0.489 e. The minimum atomic E-state index is -0.641. The number of ketones is 1. The topological polar surface area (TPSA) is 90.9 Å². The van der Waals surface area contributed by atoms with Crippen molar-refractivity contribution in [1.29, 1.82) is 0 Å². The van der Waals surface area contributed by atoms with Gasteiger partial charge < -0.3 is 19.5 Å². The van der Waals surface area contributed by atoms with Crippen LogP contribution in [0.1, 0.15) is 27.0 Å². The van der Waals surface area contributed by atoms with E-state index in [1.807, 2.05) is 30.3 Å². The zero-order valence-electron chi connectivity index (χ0n) is 17.5. The third-order valence-electron chi connectivity index (χ3n) is 4.24. The summed E-state index contributed by atoms with van der Waals surface area (Å²) < 4.78 is 16.1. The average Bonchev–Trinajstić information content (AvgIpc) is 3.29. The van der Waals surface area contributed by atoms with E-state index in [2.05, 4.69) is 5.32 Å². The van der Waals surface area contributed by atoms with Crippen LogP contribution in [0.2, 0.25) is 0 Å². The predicted molar refractivity (Wildman–Crippen MR) is 120 cm³/mol. The van der Waals surface area contributed by atoms with Gasteiger partial charge in [-0.25, -0.2) is 4.79 Å². The molecule has 0 bridgehead atoms. The Labute approximate surface area is 189 Å².